The second-order valence-electron chi connectivity index (χ2n) is 7.62. The number of amides is 1. The van der Waals surface area contributed by atoms with Crippen LogP contribution in [-0.2, 0) is 22.7 Å². The lowest BCUT2D eigenvalue weighted by atomic mass is 10.1. The summed E-state index contributed by atoms with van der Waals surface area (Å²) in [5.74, 6) is -0.488. The Labute approximate surface area is 214 Å². The molecule has 0 saturated carbocycles. The van der Waals surface area contributed by atoms with Crippen molar-refractivity contribution < 1.29 is 9.53 Å². The second kappa shape index (κ2) is 11.0. The summed E-state index contributed by atoms with van der Waals surface area (Å²) in [6.45, 7) is 5.50. The zero-order valence-corrected chi connectivity index (χ0v) is 22.3. The Morgan fingerprint density at radius 3 is 2.50 bits per heavy atom. The number of benzene rings is 1. The fraction of sp³-hybridized carbons (Fsp3) is 0.250. The van der Waals surface area contributed by atoms with Gasteiger partial charge in [0.25, 0.3) is 11.5 Å². The average Bonchev–Trinajstić information content (AvgIpc) is 3.09. The number of pyridine rings is 1. The first-order valence-electron chi connectivity index (χ1n) is 10.3. The van der Waals surface area contributed by atoms with Gasteiger partial charge in [0, 0.05) is 50.0 Å². The van der Waals surface area contributed by atoms with Gasteiger partial charge in [0.2, 0.25) is 0 Å². The highest BCUT2D eigenvalue weighted by atomic mass is 79.9. The average molecular weight is 589 g/mol. The largest absolute Gasteiger partial charge is 0.380 e. The van der Waals surface area contributed by atoms with Gasteiger partial charge in [-0.2, -0.15) is 10.4 Å². The van der Waals surface area contributed by atoms with Crippen molar-refractivity contribution in [2.45, 2.75) is 33.9 Å². The van der Waals surface area contributed by atoms with Crippen LogP contribution in [0.15, 0.2) is 49.2 Å². The number of hydrazone groups is 1. The molecular weight excluding hydrogens is 566 g/mol. The first-order valence-corrected chi connectivity index (χ1v) is 11.9. The van der Waals surface area contributed by atoms with Gasteiger partial charge in [0.15, 0.2) is 0 Å². The van der Waals surface area contributed by atoms with Crippen LogP contribution in [0.3, 0.4) is 0 Å². The Hall–Kier alpha value is -3.00. The van der Waals surface area contributed by atoms with Gasteiger partial charge in [-0.3, -0.25) is 9.59 Å². The molecule has 8 nitrogen and oxygen atoms in total. The highest BCUT2D eigenvalue weighted by Crippen LogP contribution is 2.23. The van der Waals surface area contributed by atoms with Crippen LogP contribution in [-0.4, -0.2) is 28.4 Å². The predicted molar refractivity (Wildman–Crippen MR) is 137 cm³/mol. The molecule has 1 N–H and O–H groups in total. The standard InChI is InChI=1S/C24H23Br2N5O3/c1-14-9-17(15(2)31(14)19-7-5-18(25)6-8-19)11-28-29-22(32)12-30-16(3)23(26)21(13-34-4)20(10-27)24(30)33/h5-9,11H,12-13H2,1-4H3,(H,29,32)/b28-11+. The van der Waals surface area contributed by atoms with E-state index in [1.165, 1.54) is 11.7 Å². The summed E-state index contributed by atoms with van der Waals surface area (Å²) in [6, 6.07) is 11.9. The van der Waals surface area contributed by atoms with Crippen LogP contribution in [0.25, 0.3) is 5.69 Å². The molecule has 0 saturated heterocycles. The molecule has 10 heteroatoms. The van der Waals surface area contributed by atoms with Gasteiger partial charge in [0.1, 0.15) is 18.2 Å². The van der Waals surface area contributed by atoms with E-state index in [9.17, 15) is 14.9 Å². The van der Waals surface area contributed by atoms with E-state index in [0.717, 1.165) is 27.1 Å². The highest BCUT2D eigenvalue weighted by Gasteiger charge is 2.19. The summed E-state index contributed by atoms with van der Waals surface area (Å²) >= 11 is 6.86. The number of aromatic nitrogens is 2. The van der Waals surface area contributed by atoms with Crippen molar-refractivity contribution in [2.75, 3.05) is 7.11 Å². The Morgan fingerprint density at radius 2 is 1.88 bits per heavy atom. The van der Waals surface area contributed by atoms with Gasteiger partial charge in [0.05, 0.1) is 12.8 Å². The lowest BCUT2D eigenvalue weighted by Gasteiger charge is -2.15. The van der Waals surface area contributed by atoms with E-state index in [1.54, 1.807) is 13.1 Å². The van der Waals surface area contributed by atoms with Crippen LogP contribution in [0.2, 0.25) is 0 Å². The molecule has 0 atom stereocenters. The molecule has 0 fully saturated rings. The topological polar surface area (TPSA) is 101 Å². The van der Waals surface area contributed by atoms with E-state index >= 15 is 0 Å². The summed E-state index contributed by atoms with van der Waals surface area (Å²) in [6.07, 6.45) is 1.57. The maximum atomic E-state index is 12.8. The van der Waals surface area contributed by atoms with Crippen LogP contribution in [0.1, 0.15) is 33.8 Å². The van der Waals surface area contributed by atoms with Crippen molar-refractivity contribution in [3.63, 3.8) is 0 Å². The molecule has 0 bridgehead atoms. The number of methoxy groups -OCH3 is 1. The maximum absolute atomic E-state index is 12.8. The van der Waals surface area contributed by atoms with Crippen molar-refractivity contribution in [1.82, 2.24) is 14.6 Å². The number of nitriles is 1. The number of aryl methyl sites for hydroxylation is 1. The van der Waals surface area contributed by atoms with Gasteiger partial charge in [-0.05, 0) is 67.0 Å². The summed E-state index contributed by atoms with van der Waals surface area (Å²) in [5.41, 5.74) is 6.72. The van der Waals surface area contributed by atoms with Gasteiger partial charge in [-0.1, -0.05) is 15.9 Å². The zero-order chi connectivity index (χ0) is 25.0. The number of carbonyl (C=O) groups excluding carboxylic acids is 1. The molecule has 0 spiro atoms. The molecule has 0 radical (unpaired) electrons. The van der Waals surface area contributed by atoms with Crippen molar-refractivity contribution in [3.8, 4) is 11.8 Å². The maximum Gasteiger partial charge on any atom is 0.269 e. The zero-order valence-electron chi connectivity index (χ0n) is 19.1. The molecular formula is C24H23Br2N5O3. The second-order valence-corrected chi connectivity index (χ2v) is 9.33. The number of halogens is 2. The van der Waals surface area contributed by atoms with Gasteiger partial charge in [-0.15, -0.1) is 0 Å². The lowest BCUT2D eigenvalue weighted by Crippen LogP contribution is -2.33. The summed E-state index contributed by atoms with van der Waals surface area (Å²) in [4.78, 5) is 25.3. The third-order valence-electron chi connectivity index (χ3n) is 5.40. The van der Waals surface area contributed by atoms with E-state index in [-0.39, 0.29) is 18.7 Å². The van der Waals surface area contributed by atoms with Crippen LogP contribution >= 0.6 is 31.9 Å². The SMILES string of the molecule is COCc1c(Br)c(C)n(CC(=O)N/N=C/c2cc(C)n(-c3ccc(Br)cc3)c2C)c(=O)c1C#N. The number of hydrogen-bond donors (Lipinski definition) is 1. The predicted octanol–water partition coefficient (Wildman–Crippen LogP) is 4.26. The molecule has 34 heavy (non-hydrogen) atoms. The van der Waals surface area contributed by atoms with Crippen LogP contribution < -0.4 is 11.0 Å². The normalized spacial score (nSPS) is 11.1. The van der Waals surface area contributed by atoms with Crippen LogP contribution in [0.5, 0.6) is 0 Å². The fourth-order valence-electron chi connectivity index (χ4n) is 3.71. The minimum absolute atomic E-state index is 0.0593. The summed E-state index contributed by atoms with van der Waals surface area (Å²) in [7, 11) is 1.48. The first kappa shape index (κ1) is 25.6. The monoisotopic (exact) mass is 587 g/mol. The summed E-state index contributed by atoms with van der Waals surface area (Å²) < 4.78 is 10.00. The van der Waals surface area contributed by atoms with Crippen molar-refractivity contribution in [3.05, 3.63) is 83.4 Å². The van der Waals surface area contributed by atoms with E-state index in [0.29, 0.717) is 15.7 Å². The Morgan fingerprint density at radius 1 is 1.21 bits per heavy atom. The number of nitrogens with zero attached hydrogens (tertiary/aromatic N) is 4. The molecule has 2 aromatic heterocycles. The molecule has 2 heterocycles. The number of nitrogens with one attached hydrogen (secondary N) is 1. The van der Waals surface area contributed by atoms with Gasteiger partial charge >= 0.3 is 0 Å². The number of ether oxygens (including phenoxy) is 1. The molecule has 1 aromatic carbocycles. The molecule has 0 unspecified atom stereocenters. The molecule has 1 amide bonds. The molecule has 176 valence electrons. The lowest BCUT2D eigenvalue weighted by molar-refractivity contribution is -0.121. The Bertz CT molecular complexity index is 1370. The van der Waals surface area contributed by atoms with E-state index < -0.39 is 11.5 Å². The first-order chi connectivity index (χ1) is 16.2. The quantitative estimate of drug-likeness (QED) is 0.329. The van der Waals surface area contributed by atoms with E-state index in [4.69, 9.17) is 4.74 Å². The highest BCUT2D eigenvalue weighted by molar-refractivity contribution is 9.10. The number of carbonyl (C=O) groups is 1. The smallest absolute Gasteiger partial charge is 0.269 e. The van der Waals surface area contributed by atoms with Crippen LogP contribution in [0.4, 0.5) is 0 Å². The van der Waals surface area contributed by atoms with Gasteiger partial charge in [-0.25, -0.2) is 5.43 Å². The van der Waals surface area contributed by atoms with Crippen molar-refractivity contribution >= 4 is 44.0 Å². The minimum atomic E-state index is -0.549. The van der Waals surface area contributed by atoms with Crippen molar-refractivity contribution in [1.29, 1.82) is 5.26 Å². The fourth-order valence-corrected chi connectivity index (χ4v) is 4.50. The molecule has 0 aliphatic heterocycles. The molecule has 0 aliphatic carbocycles. The Kier molecular flexibility index (Phi) is 8.25. The Balaban J connectivity index is 1.79. The van der Waals surface area contributed by atoms with E-state index in [2.05, 4.69) is 47.0 Å². The van der Waals surface area contributed by atoms with Crippen molar-refractivity contribution in [2.24, 2.45) is 5.10 Å². The molecule has 0 aliphatic rings. The third kappa shape index (κ3) is 5.22. The van der Waals surface area contributed by atoms with Crippen LogP contribution in [0, 0.1) is 32.1 Å². The van der Waals surface area contributed by atoms with E-state index in [1.807, 2.05) is 50.2 Å². The number of hydrogen-bond acceptors (Lipinski definition) is 5. The summed E-state index contributed by atoms with van der Waals surface area (Å²) in [5, 5.41) is 13.5. The molecule has 3 rings (SSSR count). The molecule has 3 aromatic rings. The number of rotatable bonds is 7. The van der Waals surface area contributed by atoms with Gasteiger partial charge < -0.3 is 13.9 Å². The minimum Gasteiger partial charge on any atom is -0.380 e. The third-order valence-corrected chi connectivity index (χ3v) is 6.98.